The maximum absolute atomic E-state index is 13.0. The maximum atomic E-state index is 13.0. The highest BCUT2D eigenvalue weighted by Gasteiger charge is 2.29. The Kier molecular flexibility index (Phi) is 5.10. The Balaban J connectivity index is 2.12. The first-order chi connectivity index (χ1) is 11.9. The number of amides is 1. The number of aliphatic hydroxyl groups excluding tert-OH is 1. The highest BCUT2D eigenvalue weighted by atomic mass is 32.1. The molecule has 1 aliphatic rings. The monoisotopic (exact) mass is 365 g/mol. The van der Waals surface area contributed by atoms with Gasteiger partial charge in [0.25, 0.3) is 11.5 Å². The molecule has 3 rings (SSSR count). The molecule has 3 heterocycles. The third-order valence-electron chi connectivity index (χ3n) is 5.04. The number of aromatic nitrogens is 2. The summed E-state index contributed by atoms with van der Waals surface area (Å²) in [4.78, 5) is 44.9. The average molecular weight is 365 g/mol. The Bertz CT molecular complexity index is 891. The van der Waals surface area contributed by atoms with E-state index < -0.39 is 11.2 Å². The summed E-state index contributed by atoms with van der Waals surface area (Å²) in [5, 5.41) is 9.66. The third-order valence-corrected chi connectivity index (χ3v) is 6.16. The van der Waals surface area contributed by atoms with Crippen molar-refractivity contribution in [3.8, 4) is 0 Å². The molecule has 0 spiro atoms. The first-order valence-electron chi connectivity index (χ1n) is 8.60. The van der Waals surface area contributed by atoms with E-state index in [1.54, 1.807) is 4.90 Å². The zero-order chi connectivity index (χ0) is 18.1. The van der Waals surface area contributed by atoms with Crippen LogP contribution in [0.4, 0.5) is 0 Å². The van der Waals surface area contributed by atoms with Crippen LogP contribution in [-0.4, -0.2) is 45.6 Å². The normalized spacial score (nSPS) is 17.2. The number of nitrogens with zero attached hydrogens (tertiary/aromatic N) is 1. The van der Waals surface area contributed by atoms with E-state index in [0.29, 0.717) is 29.9 Å². The number of hydrogen-bond donors (Lipinski definition) is 3. The average Bonchev–Trinajstić information content (AvgIpc) is 3.21. The lowest BCUT2D eigenvalue weighted by Crippen LogP contribution is -2.30. The van der Waals surface area contributed by atoms with Gasteiger partial charge in [-0.2, -0.15) is 0 Å². The van der Waals surface area contributed by atoms with Crippen LogP contribution in [0.3, 0.4) is 0 Å². The van der Waals surface area contributed by atoms with Crippen LogP contribution in [0.2, 0.25) is 0 Å². The number of likely N-dealkylation sites (tertiary alicyclic amines) is 1. The fourth-order valence-corrected chi connectivity index (χ4v) is 4.53. The van der Waals surface area contributed by atoms with Gasteiger partial charge < -0.3 is 10.0 Å². The Labute approximate surface area is 148 Å². The van der Waals surface area contributed by atoms with Crippen LogP contribution in [0.1, 0.15) is 41.9 Å². The molecule has 0 saturated carbocycles. The number of aromatic amines is 2. The first-order valence-corrected chi connectivity index (χ1v) is 9.42. The zero-order valence-corrected chi connectivity index (χ0v) is 15.2. The second-order valence-corrected chi connectivity index (χ2v) is 7.96. The van der Waals surface area contributed by atoms with Crippen LogP contribution in [0, 0.1) is 11.8 Å². The summed E-state index contributed by atoms with van der Waals surface area (Å²) >= 11 is 1.29. The minimum atomic E-state index is -0.567. The highest BCUT2D eigenvalue weighted by Crippen LogP contribution is 2.32. The number of carbonyl (C=O) groups is 1. The molecule has 2 unspecified atom stereocenters. The smallest absolute Gasteiger partial charge is 0.326 e. The molecule has 3 N–H and O–H groups in total. The van der Waals surface area contributed by atoms with Gasteiger partial charge in [0.05, 0.1) is 10.9 Å². The van der Waals surface area contributed by atoms with Crippen molar-refractivity contribution in [3.05, 3.63) is 31.3 Å². The summed E-state index contributed by atoms with van der Waals surface area (Å²) < 4.78 is 0. The van der Waals surface area contributed by atoms with Gasteiger partial charge in [-0.15, -0.1) is 11.3 Å². The number of nitrogens with one attached hydrogen (secondary N) is 2. The summed E-state index contributed by atoms with van der Waals surface area (Å²) in [7, 11) is 0. The van der Waals surface area contributed by atoms with Crippen molar-refractivity contribution in [2.75, 3.05) is 19.7 Å². The molecule has 8 heteroatoms. The summed E-state index contributed by atoms with van der Waals surface area (Å²) in [6, 6.07) is 0. The van der Waals surface area contributed by atoms with E-state index in [1.807, 2.05) is 13.8 Å². The maximum Gasteiger partial charge on any atom is 0.326 e. The van der Waals surface area contributed by atoms with Crippen LogP contribution in [0.15, 0.2) is 9.59 Å². The van der Waals surface area contributed by atoms with Gasteiger partial charge in [-0.05, 0) is 31.1 Å². The quantitative estimate of drug-likeness (QED) is 0.743. The Morgan fingerprint density at radius 3 is 2.52 bits per heavy atom. The van der Waals surface area contributed by atoms with E-state index >= 15 is 0 Å². The number of rotatable bonds is 5. The molecule has 25 heavy (non-hydrogen) atoms. The minimum absolute atomic E-state index is 0.0683. The van der Waals surface area contributed by atoms with Gasteiger partial charge in [0.2, 0.25) is 0 Å². The van der Waals surface area contributed by atoms with Crippen LogP contribution in [0.25, 0.3) is 10.2 Å². The van der Waals surface area contributed by atoms with Crippen LogP contribution >= 0.6 is 11.3 Å². The van der Waals surface area contributed by atoms with E-state index in [4.69, 9.17) is 0 Å². The SMILES string of the molecule is CC(CO)C(C)Cc1sc2[nH]c(=O)[nH]c(=O)c2c1C(=O)N1CCCC1. The lowest BCUT2D eigenvalue weighted by molar-refractivity contribution is 0.0793. The van der Waals surface area contributed by atoms with Crippen LogP contribution < -0.4 is 11.2 Å². The van der Waals surface area contributed by atoms with Crippen LogP contribution in [0.5, 0.6) is 0 Å². The van der Waals surface area contributed by atoms with Crippen molar-refractivity contribution in [1.82, 2.24) is 14.9 Å². The molecule has 7 nitrogen and oxygen atoms in total. The molecule has 1 aliphatic heterocycles. The van der Waals surface area contributed by atoms with E-state index in [2.05, 4.69) is 9.97 Å². The lowest BCUT2D eigenvalue weighted by atomic mass is 9.91. The fraction of sp³-hybridized carbons (Fsp3) is 0.588. The summed E-state index contributed by atoms with van der Waals surface area (Å²) in [5.74, 6) is 0.0893. The number of hydrogen-bond acceptors (Lipinski definition) is 5. The van der Waals surface area contributed by atoms with E-state index in [0.717, 1.165) is 17.7 Å². The van der Waals surface area contributed by atoms with Crippen molar-refractivity contribution in [3.63, 3.8) is 0 Å². The predicted octanol–water partition coefficient (Wildman–Crippen LogP) is 1.32. The standard InChI is InChI=1S/C17H23N3O4S/c1-9(10(2)8-21)7-11-12(16(23)20-5-3-4-6-20)13-14(22)18-17(24)19-15(13)25-11/h9-10,21H,3-8H2,1-2H3,(H2,18,19,22,24). The second kappa shape index (κ2) is 7.13. The Morgan fingerprint density at radius 1 is 1.20 bits per heavy atom. The molecule has 136 valence electrons. The molecule has 2 aromatic rings. The van der Waals surface area contributed by atoms with Crippen molar-refractivity contribution < 1.29 is 9.90 Å². The highest BCUT2D eigenvalue weighted by molar-refractivity contribution is 7.19. The van der Waals surface area contributed by atoms with Gasteiger partial charge in [-0.3, -0.25) is 19.6 Å². The van der Waals surface area contributed by atoms with Crippen molar-refractivity contribution in [2.45, 2.75) is 33.1 Å². The molecule has 0 aromatic carbocycles. The minimum Gasteiger partial charge on any atom is -0.396 e. The van der Waals surface area contributed by atoms with Crippen molar-refractivity contribution >= 4 is 27.5 Å². The molecule has 0 radical (unpaired) electrons. The molecular formula is C17H23N3O4S. The zero-order valence-electron chi connectivity index (χ0n) is 14.4. The van der Waals surface area contributed by atoms with E-state index in [9.17, 15) is 19.5 Å². The Morgan fingerprint density at radius 2 is 1.88 bits per heavy atom. The summed E-state index contributed by atoms with van der Waals surface area (Å²) in [6.07, 6.45) is 2.51. The lowest BCUT2D eigenvalue weighted by Gasteiger charge is -2.19. The predicted molar refractivity (Wildman–Crippen MR) is 97.3 cm³/mol. The summed E-state index contributed by atoms with van der Waals surface area (Å²) in [6.45, 7) is 5.43. The van der Waals surface area contributed by atoms with Crippen molar-refractivity contribution in [2.24, 2.45) is 11.8 Å². The number of fused-ring (bicyclic) bond motifs is 1. The topological polar surface area (TPSA) is 106 Å². The third kappa shape index (κ3) is 3.41. The van der Waals surface area contributed by atoms with Gasteiger partial charge in [-0.25, -0.2) is 4.79 Å². The van der Waals surface area contributed by atoms with E-state index in [-0.39, 0.29) is 29.7 Å². The van der Waals surface area contributed by atoms with E-state index in [1.165, 1.54) is 11.3 Å². The van der Waals surface area contributed by atoms with Gasteiger partial charge in [0.1, 0.15) is 4.83 Å². The number of thiophene rings is 1. The number of aliphatic hydroxyl groups is 1. The number of H-pyrrole nitrogens is 2. The second-order valence-electron chi connectivity index (χ2n) is 6.85. The largest absolute Gasteiger partial charge is 0.396 e. The molecule has 2 atom stereocenters. The molecule has 0 aliphatic carbocycles. The van der Waals surface area contributed by atoms with Crippen molar-refractivity contribution in [1.29, 1.82) is 0 Å². The van der Waals surface area contributed by atoms with Gasteiger partial charge in [-0.1, -0.05) is 13.8 Å². The molecule has 1 amide bonds. The van der Waals surface area contributed by atoms with Gasteiger partial charge in [0.15, 0.2) is 0 Å². The molecule has 1 fully saturated rings. The van der Waals surface area contributed by atoms with Crippen LogP contribution in [-0.2, 0) is 6.42 Å². The first kappa shape index (κ1) is 17.9. The molecule has 0 bridgehead atoms. The van der Waals surface area contributed by atoms with Gasteiger partial charge >= 0.3 is 5.69 Å². The number of carbonyl (C=O) groups excluding carboxylic acids is 1. The Hall–Kier alpha value is -1.93. The molecule has 1 saturated heterocycles. The fourth-order valence-electron chi connectivity index (χ4n) is 3.20. The summed E-state index contributed by atoms with van der Waals surface area (Å²) in [5.41, 5.74) is -0.676. The molecule has 2 aromatic heterocycles. The molecular weight excluding hydrogens is 342 g/mol. The van der Waals surface area contributed by atoms with Gasteiger partial charge in [0, 0.05) is 24.6 Å².